The Hall–Kier alpha value is -3.87. The minimum absolute atomic E-state index is 0.0391. The van der Waals surface area contributed by atoms with Crippen LogP contribution in [-0.2, 0) is 39.3 Å². The highest BCUT2D eigenvalue weighted by molar-refractivity contribution is 6.78. The van der Waals surface area contributed by atoms with Crippen molar-refractivity contribution < 1.29 is 27.9 Å². The van der Waals surface area contributed by atoms with Gasteiger partial charge >= 0.3 is 0 Å². The molecule has 3 aliphatic rings. The number of amides is 2. The summed E-state index contributed by atoms with van der Waals surface area (Å²) >= 11 is 0. The number of hydrogen-bond acceptors (Lipinski definition) is 7. The number of anilines is 1. The summed E-state index contributed by atoms with van der Waals surface area (Å²) in [6, 6.07) is 13.3. The number of nitrogens with zero attached hydrogens (tertiary/aromatic N) is 3. The van der Waals surface area contributed by atoms with Crippen LogP contribution >= 0.6 is 0 Å². The number of ether oxygens (including phenoxy) is 2. The molecule has 0 radical (unpaired) electrons. The first-order valence-electron chi connectivity index (χ1n) is 15.7. The Morgan fingerprint density at radius 2 is 1.91 bits per heavy atom. The van der Waals surface area contributed by atoms with E-state index in [0.29, 0.717) is 36.7 Å². The van der Waals surface area contributed by atoms with Crippen LogP contribution in [-0.4, -0.2) is 48.9 Å². The van der Waals surface area contributed by atoms with Crippen LogP contribution in [0.1, 0.15) is 68.5 Å². The summed E-state index contributed by atoms with van der Waals surface area (Å²) in [6.45, 7) is 13.2. The third-order valence-corrected chi connectivity index (χ3v) is 15.6. The maximum atomic E-state index is 14.7. The second kappa shape index (κ2) is 11.7. The summed E-state index contributed by atoms with van der Waals surface area (Å²) in [4.78, 5) is 47.3. The largest absolute Gasteiger partial charge is 0.481 e. The van der Waals surface area contributed by atoms with E-state index in [9.17, 15) is 18.8 Å². The zero-order valence-electron chi connectivity index (χ0n) is 27.2. The molecular formula is C34H41FN4O6Si. The second-order valence-electron chi connectivity index (χ2n) is 14.0. The summed E-state index contributed by atoms with van der Waals surface area (Å²) in [5, 5.41) is 2.78. The fourth-order valence-corrected chi connectivity index (χ4v) is 10.7. The van der Waals surface area contributed by atoms with Crippen molar-refractivity contribution >= 4 is 25.8 Å². The summed E-state index contributed by atoms with van der Waals surface area (Å²) in [5.41, 5.74) is 0.310. The zero-order chi connectivity index (χ0) is 33.0. The number of nitrogens with one attached hydrogen (secondary N) is 1. The summed E-state index contributed by atoms with van der Waals surface area (Å²) < 4.78 is 34.5. The van der Waals surface area contributed by atoms with Crippen molar-refractivity contribution in [3.8, 4) is 5.75 Å². The number of hydrogen-bond donors (Lipinski definition) is 1. The molecule has 2 amide bonds. The topological polar surface area (TPSA) is 112 Å². The SMILES string of the molecule is CC1(C)OCCn2c1nc(C(=O)NCc1ccc(F)cc1N1C(=O)CC3[C@@H]1CO[Si]3(C)C(C)(C)C)c(OCc1ccccc1)c2=O. The molecule has 0 aliphatic carbocycles. The van der Waals surface area contributed by atoms with Gasteiger partial charge in [-0.15, -0.1) is 0 Å². The van der Waals surface area contributed by atoms with E-state index in [4.69, 9.17) is 13.9 Å². The Morgan fingerprint density at radius 3 is 2.63 bits per heavy atom. The first-order chi connectivity index (χ1) is 21.7. The average Bonchev–Trinajstić information content (AvgIpc) is 3.51. The van der Waals surface area contributed by atoms with Crippen molar-refractivity contribution in [1.29, 1.82) is 0 Å². The van der Waals surface area contributed by atoms with E-state index >= 15 is 0 Å². The number of carbonyl (C=O) groups is 2. The molecule has 3 aliphatic heterocycles. The van der Waals surface area contributed by atoms with Gasteiger partial charge in [-0.3, -0.25) is 19.0 Å². The lowest BCUT2D eigenvalue weighted by Gasteiger charge is -2.38. The maximum Gasteiger partial charge on any atom is 0.296 e. The van der Waals surface area contributed by atoms with Crippen molar-refractivity contribution in [3.05, 3.63) is 87.3 Å². The predicted molar refractivity (Wildman–Crippen MR) is 173 cm³/mol. The molecule has 2 saturated heterocycles. The van der Waals surface area contributed by atoms with Crippen molar-refractivity contribution in [1.82, 2.24) is 14.9 Å². The summed E-state index contributed by atoms with van der Waals surface area (Å²) in [5.74, 6) is -1.04. The number of rotatable bonds is 7. The van der Waals surface area contributed by atoms with Crippen molar-refractivity contribution in [2.75, 3.05) is 18.1 Å². The van der Waals surface area contributed by atoms with Crippen LogP contribution in [0.3, 0.4) is 0 Å². The molecule has 0 bridgehead atoms. The van der Waals surface area contributed by atoms with Gasteiger partial charge in [0.25, 0.3) is 11.5 Å². The van der Waals surface area contributed by atoms with Gasteiger partial charge in [0.2, 0.25) is 20.0 Å². The molecular weight excluding hydrogens is 607 g/mol. The van der Waals surface area contributed by atoms with Gasteiger partial charge in [0.05, 0.1) is 31.5 Å². The lowest BCUT2D eigenvalue weighted by molar-refractivity contribution is -0.117. The quantitative estimate of drug-likeness (QED) is 0.358. The van der Waals surface area contributed by atoms with E-state index in [1.54, 1.807) is 24.8 Å². The lowest BCUT2D eigenvalue weighted by atomic mass is 10.1. The number of carbonyl (C=O) groups excluding carboxylic acids is 2. The van der Waals surface area contributed by atoms with Gasteiger partial charge in [0, 0.05) is 18.5 Å². The van der Waals surface area contributed by atoms with Crippen LogP contribution < -0.4 is 20.5 Å². The van der Waals surface area contributed by atoms with Crippen molar-refractivity contribution in [2.45, 2.75) is 89.5 Å². The highest BCUT2D eigenvalue weighted by atomic mass is 28.4. The van der Waals surface area contributed by atoms with Gasteiger partial charge in [0.15, 0.2) is 5.69 Å². The van der Waals surface area contributed by atoms with Gasteiger partial charge in [-0.25, -0.2) is 9.37 Å². The van der Waals surface area contributed by atoms with E-state index in [2.05, 4.69) is 37.6 Å². The van der Waals surface area contributed by atoms with Crippen molar-refractivity contribution in [3.63, 3.8) is 0 Å². The average molecular weight is 649 g/mol. The molecule has 0 saturated carbocycles. The van der Waals surface area contributed by atoms with Crippen LogP contribution in [0.5, 0.6) is 5.75 Å². The molecule has 0 spiro atoms. The van der Waals surface area contributed by atoms with E-state index in [1.165, 1.54) is 16.7 Å². The van der Waals surface area contributed by atoms with Crippen LogP contribution in [0.2, 0.25) is 17.1 Å². The fourth-order valence-electron chi connectivity index (χ4n) is 6.84. The first kappa shape index (κ1) is 32.1. The number of halogens is 1. The van der Waals surface area contributed by atoms with E-state index in [-0.39, 0.29) is 53.7 Å². The minimum Gasteiger partial charge on any atom is -0.481 e. The van der Waals surface area contributed by atoms with E-state index < -0.39 is 31.2 Å². The summed E-state index contributed by atoms with van der Waals surface area (Å²) in [6.07, 6.45) is 0.343. The van der Waals surface area contributed by atoms with Gasteiger partial charge in [-0.2, -0.15) is 0 Å². The molecule has 2 fully saturated rings. The molecule has 1 N–H and O–H groups in total. The molecule has 46 heavy (non-hydrogen) atoms. The van der Waals surface area contributed by atoms with Gasteiger partial charge in [-0.1, -0.05) is 57.2 Å². The molecule has 1 aromatic heterocycles. The Kier molecular flexibility index (Phi) is 8.18. The highest BCUT2D eigenvalue weighted by Crippen LogP contribution is 2.55. The maximum absolute atomic E-state index is 14.7. The molecule has 3 aromatic rings. The van der Waals surface area contributed by atoms with E-state index in [0.717, 1.165) is 5.56 Å². The third kappa shape index (κ3) is 5.56. The number of aromatic nitrogens is 2. The van der Waals surface area contributed by atoms with Crippen LogP contribution in [0, 0.1) is 5.82 Å². The summed E-state index contributed by atoms with van der Waals surface area (Å²) in [7, 11) is -2.30. The fraction of sp³-hybridized carbons (Fsp3) is 0.471. The molecule has 2 aromatic carbocycles. The lowest BCUT2D eigenvalue weighted by Crippen LogP contribution is -2.45. The Morgan fingerprint density at radius 1 is 1.17 bits per heavy atom. The number of benzene rings is 2. The molecule has 6 rings (SSSR count). The number of fused-ring (bicyclic) bond motifs is 2. The highest BCUT2D eigenvalue weighted by Gasteiger charge is 2.61. The van der Waals surface area contributed by atoms with Crippen LogP contribution in [0.4, 0.5) is 10.1 Å². The molecule has 3 atom stereocenters. The Balaban J connectivity index is 1.31. The molecule has 244 valence electrons. The van der Waals surface area contributed by atoms with Crippen LogP contribution in [0.15, 0.2) is 53.3 Å². The van der Waals surface area contributed by atoms with Crippen molar-refractivity contribution in [2.24, 2.45) is 0 Å². The minimum atomic E-state index is -2.30. The standard InChI is InChI=1S/C34H41FN4O6Si/c1-33(2,3)46(6)26-17-27(40)39(25(26)20-45-46)24-16-23(35)13-12-22(24)18-36-30(41)28-29(43-19-21-10-8-7-9-11-21)31(42)38-14-15-44-34(4,5)32(38)37-28/h7-13,16,25-26H,14-15,17-20H2,1-6H3,(H,36,41)/t25-,26?,46?/m0/s1. The van der Waals surface area contributed by atoms with Crippen LogP contribution in [0.25, 0.3) is 0 Å². The molecule has 12 heteroatoms. The first-order valence-corrected chi connectivity index (χ1v) is 18.2. The molecule has 10 nitrogen and oxygen atoms in total. The predicted octanol–water partition coefficient (Wildman–Crippen LogP) is 5.04. The van der Waals surface area contributed by atoms with Gasteiger partial charge in [0.1, 0.15) is 23.8 Å². The molecule has 2 unspecified atom stereocenters. The normalized spacial score (nSPS) is 23.6. The Bertz CT molecular complexity index is 1740. The van der Waals surface area contributed by atoms with Gasteiger partial charge < -0.3 is 24.1 Å². The smallest absolute Gasteiger partial charge is 0.296 e. The third-order valence-electron chi connectivity index (χ3n) is 9.84. The van der Waals surface area contributed by atoms with E-state index in [1.807, 2.05) is 30.3 Å². The zero-order valence-corrected chi connectivity index (χ0v) is 28.2. The molecule has 4 heterocycles. The van der Waals surface area contributed by atoms with Gasteiger partial charge in [-0.05, 0) is 48.7 Å². The second-order valence-corrected chi connectivity index (χ2v) is 18.7. The monoisotopic (exact) mass is 648 g/mol. The Labute approximate surface area is 269 Å².